The van der Waals surface area contributed by atoms with E-state index in [2.05, 4.69) is 29.4 Å². The van der Waals surface area contributed by atoms with Crippen molar-refractivity contribution in [2.24, 2.45) is 0 Å². The summed E-state index contributed by atoms with van der Waals surface area (Å²) >= 11 is 1.47. The molecular weight excluding hydrogens is 332 g/mol. The molecule has 0 unspecified atom stereocenters. The highest BCUT2D eigenvalue weighted by Gasteiger charge is 2.19. The Bertz CT molecular complexity index is 1140. The van der Waals surface area contributed by atoms with E-state index in [1.165, 1.54) is 22.5 Å². The lowest BCUT2D eigenvalue weighted by Gasteiger charge is -1.99. The zero-order valence-corrected chi connectivity index (χ0v) is 15.4. The highest BCUT2D eigenvalue weighted by atomic mass is 32.1. The molecule has 0 radical (unpaired) electrons. The molecule has 1 N–H and O–H groups in total. The van der Waals surface area contributed by atoms with Gasteiger partial charge in [-0.3, -0.25) is 10.1 Å². The van der Waals surface area contributed by atoms with Gasteiger partial charge in [0.1, 0.15) is 5.58 Å². The van der Waals surface area contributed by atoms with E-state index >= 15 is 0 Å². The minimum absolute atomic E-state index is 0.264. The summed E-state index contributed by atoms with van der Waals surface area (Å²) in [5, 5.41) is 4.43. The largest absolute Gasteiger partial charge is 0.451 e. The van der Waals surface area contributed by atoms with Crippen molar-refractivity contribution in [2.75, 3.05) is 5.32 Å². The predicted octanol–water partition coefficient (Wildman–Crippen LogP) is 5.53. The number of rotatable bonds is 2. The number of carbonyl (C=O) groups excluding carboxylic acids is 1. The number of benzene rings is 2. The van der Waals surface area contributed by atoms with Gasteiger partial charge >= 0.3 is 0 Å². The summed E-state index contributed by atoms with van der Waals surface area (Å²) in [5.41, 5.74) is 5.99. The molecular formula is C20H18N2O2S. The number of anilines is 1. The van der Waals surface area contributed by atoms with Gasteiger partial charge in [-0.25, -0.2) is 4.98 Å². The molecule has 2 aromatic carbocycles. The number of furan rings is 1. The Labute approximate surface area is 149 Å². The third-order valence-electron chi connectivity index (χ3n) is 4.52. The SMILES string of the molecule is Cc1ccc2nc(NC(=O)c3oc4cc(C)c(C)cc4c3C)sc2c1. The van der Waals surface area contributed by atoms with Crippen molar-refractivity contribution in [2.45, 2.75) is 27.7 Å². The number of fused-ring (bicyclic) bond motifs is 2. The predicted molar refractivity (Wildman–Crippen MR) is 103 cm³/mol. The monoisotopic (exact) mass is 350 g/mol. The molecule has 0 spiro atoms. The maximum absolute atomic E-state index is 12.7. The highest BCUT2D eigenvalue weighted by molar-refractivity contribution is 7.22. The fraction of sp³-hybridized carbons (Fsp3) is 0.200. The Balaban J connectivity index is 1.70. The summed E-state index contributed by atoms with van der Waals surface area (Å²) in [6.45, 7) is 8.05. The molecule has 0 saturated heterocycles. The van der Waals surface area contributed by atoms with Crippen LogP contribution >= 0.6 is 11.3 Å². The number of nitrogens with zero attached hydrogens (tertiary/aromatic N) is 1. The molecule has 126 valence electrons. The van der Waals surface area contributed by atoms with E-state index in [-0.39, 0.29) is 5.91 Å². The van der Waals surface area contributed by atoms with Crippen molar-refractivity contribution in [3.8, 4) is 0 Å². The molecule has 4 rings (SSSR count). The van der Waals surface area contributed by atoms with E-state index in [0.717, 1.165) is 32.3 Å². The summed E-state index contributed by atoms with van der Waals surface area (Å²) in [6, 6.07) is 10.1. The maximum Gasteiger partial charge on any atom is 0.293 e. The van der Waals surface area contributed by atoms with Crippen molar-refractivity contribution in [1.29, 1.82) is 0 Å². The van der Waals surface area contributed by atoms with Crippen LogP contribution in [0, 0.1) is 27.7 Å². The van der Waals surface area contributed by atoms with Gasteiger partial charge in [-0.2, -0.15) is 0 Å². The smallest absolute Gasteiger partial charge is 0.293 e. The molecule has 2 aromatic heterocycles. The molecule has 0 atom stereocenters. The Morgan fingerprint density at radius 2 is 1.84 bits per heavy atom. The van der Waals surface area contributed by atoms with Crippen LogP contribution in [-0.4, -0.2) is 10.9 Å². The average molecular weight is 350 g/mol. The van der Waals surface area contributed by atoms with Gasteiger partial charge in [0.05, 0.1) is 10.2 Å². The first-order valence-corrected chi connectivity index (χ1v) is 8.93. The first kappa shape index (κ1) is 15.8. The Morgan fingerprint density at radius 1 is 1.08 bits per heavy atom. The van der Waals surface area contributed by atoms with E-state index in [4.69, 9.17) is 4.42 Å². The molecule has 0 aliphatic carbocycles. The van der Waals surface area contributed by atoms with E-state index in [1.807, 2.05) is 39.0 Å². The second-order valence-corrected chi connectivity index (χ2v) is 7.46. The van der Waals surface area contributed by atoms with Crippen LogP contribution in [0.25, 0.3) is 21.2 Å². The standard InChI is InChI=1S/C20H18N2O2S/c1-10-5-6-15-17(7-10)25-20(21-15)22-19(23)18-13(4)14-8-11(2)12(3)9-16(14)24-18/h5-9H,1-4H3,(H,21,22,23). The molecule has 2 heterocycles. The minimum atomic E-state index is -0.264. The van der Waals surface area contributed by atoms with Crippen molar-refractivity contribution in [3.05, 3.63) is 58.3 Å². The zero-order chi connectivity index (χ0) is 17.7. The average Bonchev–Trinajstić information content (AvgIpc) is 3.09. The lowest BCUT2D eigenvalue weighted by Crippen LogP contribution is -2.11. The molecule has 25 heavy (non-hydrogen) atoms. The fourth-order valence-electron chi connectivity index (χ4n) is 2.93. The molecule has 4 aromatic rings. The van der Waals surface area contributed by atoms with Gasteiger partial charge in [-0.1, -0.05) is 17.4 Å². The van der Waals surface area contributed by atoms with Crippen molar-refractivity contribution in [3.63, 3.8) is 0 Å². The van der Waals surface area contributed by atoms with E-state index < -0.39 is 0 Å². The number of nitrogens with one attached hydrogen (secondary N) is 1. The van der Waals surface area contributed by atoms with Crippen molar-refractivity contribution >= 4 is 43.6 Å². The molecule has 0 bridgehead atoms. The van der Waals surface area contributed by atoms with Crippen LogP contribution in [0.2, 0.25) is 0 Å². The van der Waals surface area contributed by atoms with E-state index in [9.17, 15) is 4.79 Å². The van der Waals surface area contributed by atoms with Crippen molar-refractivity contribution < 1.29 is 9.21 Å². The lowest BCUT2D eigenvalue weighted by molar-refractivity contribution is 0.0998. The molecule has 0 aliphatic rings. The van der Waals surface area contributed by atoms with Gasteiger partial charge < -0.3 is 4.42 Å². The fourth-order valence-corrected chi connectivity index (χ4v) is 3.89. The summed E-state index contributed by atoms with van der Waals surface area (Å²) in [6.07, 6.45) is 0. The quantitative estimate of drug-likeness (QED) is 0.517. The molecule has 0 saturated carbocycles. The van der Waals surface area contributed by atoms with Crippen LogP contribution in [0.4, 0.5) is 5.13 Å². The summed E-state index contributed by atoms with van der Waals surface area (Å²) in [4.78, 5) is 17.2. The van der Waals surface area contributed by atoms with Gasteiger partial charge in [-0.05, 0) is 68.7 Å². The van der Waals surface area contributed by atoms with Gasteiger partial charge in [-0.15, -0.1) is 0 Å². The number of hydrogen-bond donors (Lipinski definition) is 1. The number of aryl methyl sites for hydroxylation is 4. The normalized spacial score (nSPS) is 11.4. The third kappa shape index (κ3) is 2.70. The Morgan fingerprint density at radius 3 is 2.64 bits per heavy atom. The number of hydrogen-bond acceptors (Lipinski definition) is 4. The van der Waals surface area contributed by atoms with Gasteiger partial charge in [0.2, 0.25) is 0 Å². The van der Waals surface area contributed by atoms with Crippen LogP contribution < -0.4 is 5.32 Å². The first-order chi connectivity index (χ1) is 11.9. The number of aromatic nitrogens is 1. The van der Waals surface area contributed by atoms with Crippen molar-refractivity contribution in [1.82, 2.24) is 4.98 Å². The van der Waals surface area contributed by atoms with Crippen LogP contribution in [-0.2, 0) is 0 Å². The minimum Gasteiger partial charge on any atom is -0.451 e. The highest BCUT2D eigenvalue weighted by Crippen LogP contribution is 2.30. The van der Waals surface area contributed by atoms with Crippen LogP contribution in [0.1, 0.15) is 32.8 Å². The van der Waals surface area contributed by atoms with Crippen LogP contribution in [0.15, 0.2) is 34.7 Å². The molecule has 4 nitrogen and oxygen atoms in total. The summed E-state index contributed by atoms with van der Waals surface area (Å²) in [7, 11) is 0. The van der Waals surface area contributed by atoms with E-state index in [1.54, 1.807) is 0 Å². The summed E-state index contributed by atoms with van der Waals surface area (Å²) in [5.74, 6) is 0.0789. The number of amides is 1. The van der Waals surface area contributed by atoms with Gasteiger partial charge in [0, 0.05) is 10.9 Å². The Kier molecular flexibility index (Phi) is 3.62. The molecule has 5 heteroatoms. The molecule has 0 fully saturated rings. The number of carbonyl (C=O) groups is 1. The summed E-state index contributed by atoms with van der Waals surface area (Å²) < 4.78 is 6.88. The van der Waals surface area contributed by atoms with E-state index in [0.29, 0.717) is 10.9 Å². The lowest BCUT2D eigenvalue weighted by atomic mass is 10.1. The van der Waals surface area contributed by atoms with Crippen LogP contribution in [0.5, 0.6) is 0 Å². The topological polar surface area (TPSA) is 55.1 Å². The third-order valence-corrected chi connectivity index (χ3v) is 5.46. The second kappa shape index (κ2) is 5.70. The number of thiazole rings is 1. The molecule has 0 aliphatic heterocycles. The first-order valence-electron chi connectivity index (χ1n) is 8.11. The Hall–Kier alpha value is -2.66. The molecule has 1 amide bonds. The van der Waals surface area contributed by atoms with Gasteiger partial charge in [0.15, 0.2) is 10.9 Å². The maximum atomic E-state index is 12.7. The van der Waals surface area contributed by atoms with Crippen LogP contribution in [0.3, 0.4) is 0 Å². The zero-order valence-electron chi connectivity index (χ0n) is 14.6. The van der Waals surface area contributed by atoms with Gasteiger partial charge in [0.25, 0.3) is 5.91 Å². The second-order valence-electron chi connectivity index (χ2n) is 6.43.